The highest BCUT2D eigenvalue weighted by molar-refractivity contribution is 7.22. The molecule has 1 fully saturated rings. The van der Waals surface area contributed by atoms with Crippen molar-refractivity contribution in [2.24, 2.45) is 0 Å². The van der Waals surface area contributed by atoms with Gasteiger partial charge in [0.25, 0.3) is 0 Å². The van der Waals surface area contributed by atoms with Crippen molar-refractivity contribution in [2.75, 3.05) is 43.1 Å². The molecule has 138 valence electrons. The van der Waals surface area contributed by atoms with E-state index in [4.69, 9.17) is 9.72 Å². The second-order valence-electron chi connectivity index (χ2n) is 6.47. The van der Waals surface area contributed by atoms with Crippen molar-refractivity contribution in [1.82, 2.24) is 24.6 Å². The van der Waals surface area contributed by atoms with Crippen molar-refractivity contribution in [2.45, 2.75) is 6.92 Å². The summed E-state index contributed by atoms with van der Waals surface area (Å²) in [5, 5.41) is 9.50. The zero-order valence-corrected chi connectivity index (χ0v) is 16.0. The highest BCUT2D eigenvalue weighted by Gasteiger charge is 2.23. The van der Waals surface area contributed by atoms with Gasteiger partial charge in [0.2, 0.25) is 5.65 Å². The summed E-state index contributed by atoms with van der Waals surface area (Å²) in [6.07, 6.45) is 3.71. The van der Waals surface area contributed by atoms with Gasteiger partial charge < -0.3 is 14.5 Å². The van der Waals surface area contributed by atoms with Gasteiger partial charge in [0.1, 0.15) is 17.1 Å². The molecule has 0 atom stereocenters. The molecule has 8 nitrogen and oxygen atoms in total. The summed E-state index contributed by atoms with van der Waals surface area (Å²) in [6, 6.07) is 6.05. The monoisotopic (exact) mass is 381 g/mol. The largest absolute Gasteiger partial charge is 0.494 e. The first-order valence-corrected chi connectivity index (χ1v) is 9.66. The van der Waals surface area contributed by atoms with E-state index >= 15 is 0 Å². The van der Waals surface area contributed by atoms with E-state index in [2.05, 4.69) is 31.0 Å². The van der Waals surface area contributed by atoms with Crippen LogP contribution in [0.2, 0.25) is 0 Å². The van der Waals surface area contributed by atoms with Gasteiger partial charge >= 0.3 is 0 Å². The number of piperazine rings is 1. The van der Waals surface area contributed by atoms with Crippen LogP contribution in [0.25, 0.3) is 15.9 Å². The number of rotatable bonds is 3. The Bertz CT molecular complexity index is 1110. The summed E-state index contributed by atoms with van der Waals surface area (Å²) in [7, 11) is 1.69. The third-order valence-corrected chi connectivity index (χ3v) is 6.00. The number of methoxy groups -OCH3 is 1. The summed E-state index contributed by atoms with van der Waals surface area (Å²) < 4.78 is 8.57. The van der Waals surface area contributed by atoms with Gasteiger partial charge in [-0.2, -0.15) is 0 Å². The summed E-state index contributed by atoms with van der Waals surface area (Å²) in [5.41, 5.74) is 1.75. The zero-order valence-electron chi connectivity index (χ0n) is 15.2. The molecule has 1 saturated heterocycles. The molecule has 27 heavy (non-hydrogen) atoms. The third kappa shape index (κ3) is 2.66. The molecule has 0 unspecified atom stereocenters. The molecule has 4 heterocycles. The number of anilines is 2. The van der Waals surface area contributed by atoms with E-state index in [0.717, 1.165) is 64.6 Å². The number of ether oxygens (including phenoxy) is 1. The average Bonchev–Trinajstić information content (AvgIpc) is 3.32. The first-order chi connectivity index (χ1) is 13.2. The second-order valence-corrected chi connectivity index (χ2v) is 7.48. The fourth-order valence-corrected chi connectivity index (χ4v) is 4.51. The first kappa shape index (κ1) is 16.2. The number of fused-ring (bicyclic) bond motifs is 2. The zero-order chi connectivity index (χ0) is 18.4. The Morgan fingerprint density at radius 2 is 1.89 bits per heavy atom. The van der Waals surface area contributed by atoms with Crippen molar-refractivity contribution < 1.29 is 4.74 Å². The van der Waals surface area contributed by atoms with E-state index in [-0.39, 0.29) is 0 Å². The van der Waals surface area contributed by atoms with Crippen LogP contribution in [0.15, 0.2) is 30.6 Å². The molecule has 1 aromatic carbocycles. The van der Waals surface area contributed by atoms with Gasteiger partial charge in [-0.3, -0.25) is 4.40 Å². The van der Waals surface area contributed by atoms with Gasteiger partial charge in [-0.05, 0) is 19.1 Å². The van der Waals surface area contributed by atoms with Crippen LogP contribution in [0.4, 0.5) is 10.9 Å². The Morgan fingerprint density at radius 3 is 2.70 bits per heavy atom. The maximum atomic E-state index is 5.44. The molecular weight excluding hydrogens is 362 g/mol. The molecule has 4 aromatic rings. The molecule has 0 saturated carbocycles. The fourth-order valence-electron chi connectivity index (χ4n) is 3.47. The number of para-hydroxylation sites is 1. The number of hydrogen-bond acceptors (Lipinski definition) is 8. The summed E-state index contributed by atoms with van der Waals surface area (Å²) in [4.78, 5) is 14.0. The molecule has 1 aliphatic rings. The molecule has 3 aromatic heterocycles. The Morgan fingerprint density at radius 1 is 1.07 bits per heavy atom. The molecule has 0 N–H and O–H groups in total. The molecule has 0 amide bonds. The minimum absolute atomic E-state index is 0.813. The number of thiazole rings is 1. The molecule has 0 bridgehead atoms. The maximum Gasteiger partial charge on any atom is 0.203 e. The predicted octanol–water partition coefficient (Wildman–Crippen LogP) is 2.38. The van der Waals surface area contributed by atoms with E-state index in [9.17, 15) is 0 Å². The lowest BCUT2D eigenvalue weighted by atomic mass is 10.3. The normalized spacial score (nSPS) is 15.0. The number of aromatic nitrogens is 5. The fraction of sp³-hybridized carbons (Fsp3) is 0.333. The average molecular weight is 381 g/mol. The summed E-state index contributed by atoms with van der Waals surface area (Å²) >= 11 is 1.71. The van der Waals surface area contributed by atoms with Crippen LogP contribution < -0.4 is 14.5 Å². The standard InChI is InChI=1S/C18H19N7OS/c1-12-21-22-17-16(19-6-7-25(12)17)23-8-10-24(11-9-23)18-20-15-13(26-2)4-3-5-14(15)27-18/h3-7H,8-11H2,1-2H3. The Hall–Kier alpha value is -2.94. The van der Waals surface area contributed by atoms with E-state index in [0.29, 0.717) is 0 Å². The Balaban J connectivity index is 1.38. The lowest BCUT2D eigenvalue weighted by molar-refractivity contribution is 0.419. The number of hydrogen-bond donors (Lipinski definition) is 0. The van der Waals surface area contributed by atoms with Crippen LogP contribution >= 0.6 is 11.3 Å². The lowest BCUT2D eigenvalue weighted by Crippen LogP contribution is -2.47. The molecule has 0 radical (unpaired) electrons. The number of benzene rings is 1. The second kappa shape index (κ2) is 6.34. The van der Waals surface area contributed by atoms with Crippen LogP contribution in [0.1, 0.15) is 5.82 Å². The van der Waals surface area contributed by atoms with Crippen molar-refractivity contribution in [3.05, 3.63) is 36.4 Å². The molecule has 0 spiro atoms. The number of aryl methyl sites for hydroxylation is 1. The quantitative estimate of drug-likeness (QED) is 0.539. The molecular formula is C18H19N7OS. The summed E-state index contributed by atoms with van der Waals surface area (Å²) in [6.45, 7) is 5.45. The van der Waals surface area contributed by atoms with Crippen molar-refractivity contribution in [3.63, 3.8) is 0 Å². The van der Waals surface area contributed by atoms with Gasteiger partial charge in [-0.1, -0.05) is 17.4 Å². The SMILES string of the molecule is COc1cccc2sc(N3CCN(c4nccn5c(C)nnc45)CC3)nc12. The van der Waals surface area contributed by atoms with Crippen LogP contribution in [0, 0.1) is 6.92 Å². The molecule has 1 aliphatic heterocycles. The van der Waals surface area contributed by atoms with Gasteiger partial charge in [0.05, 0.1) is 11.8 Å². The summed E-state index contributed by atoms with van der Waals surface area (Å²) in [5.74, 6) is 2.59. The van der Waals surface area contributed by atoms with Gasteiger partial charge in [0, 0.05) is 38.6 Å². The minimum atomic E-state index is 0.813. The highest BCUT2D eigenvalue weighted by Crippen LogP contribution is 2.34. The topological polar surface area (TPSA) is 71.7 Å². The number of nitrogens with zero attached hydrogens (tertiary/aromatic N) is 7. The smallest absolute Gasteiger partial charge is 0.203 e. The highest BCUT2D eigenvalue weighted by atomic mass is 32.1. The van der Waals surface area contributed by atoms with E-state index in [1.807, 2.05) is 35.9 Å². The van der Waals surface area contributed by atoms with Crippen molar-refractivity contribution >= 4 is 38.2 Å². The van der Waals surface area contributed by atoms with Crippen LogP contribution in [0.5, 0.6) is 5.75 Å². The van der Waals surface area contributed by atoms with Crippen LogP contribution in [-0.2, 0) is 0 Å². The molecule has 5 rings (SSSR count). The molecule has 9 heteroatoms. The van der Waals surface area contributed by atoms with Crippen LogP contribution in [0.3, 0.4) is 0 Å². The van der Waals surface area contributed by atoms with Crippen molar-refractivity contribution in [3.8, 4) is 5.75 Å². The van der Waals surface area contributed by atoms with E-state index in [1.54, 1.807) is 18.4 Å². The lowest BCUT2D eigenvalue weighted by Gasteiger charge is -2.35. The third-order valence-electron chi connectivity index (χ3n) is 4.92. The van der Waals surface area contributed by atoms with E-state index < -0.39 is 0 Å². The molecule has 0 aliphatic carbocycles. The predicted molar refractivity (Wildman–Crippen MR) is 106 cm³/mol. The Kier molecular flexibility index (Phi) is 3.82. The maximum absolute atomic E-state index is 5.44. The van der Waals surface area contributed by atoms with E-state index in [1.165, 1.54) is 0 Å². The minimum Gasteiger partial charge on any atom is -0.494 e. The van der Waals surface area contributed by atoms with Gasteiger partial charge in [0.15, 0.2) is 10.9 Å². The van der Waals surface area contributed by atoms with Gasteiger partial charge in [-0.25, -0.2) is 9.97 Å². The van der Waals surface area contributed by atoms with Crippen molar-refractivity contribution in [1.29, 1.82) is 0 Å². The Labute approximate surface area is 160 Å². The van der Waals surface area contributed by atoms with Gasteiger partial charge in [-0.15, -0.1) is 10.2 Å². The van der Waals surface area contributed by atoms with Crippen LogP contribution in [-0.4, -0.2) is 57.9 Å². The first-order valence-electron chi connectivity index (χ1n) is 8.84.